The van der Waals surface area contributed by atoms with Gasteiger partial charge in [-0.3, -0.25) is 4.79 Å². The first-order chi connectivity index (χ1) is 12.5. The zero-order valence-electron chi connectivity index (χ0n) is 16.3. The van der Waals surface area contributed by atoms with Crippen LogP contribution < -0.4 is 0 Å². The molecule has 6 heteroatoms. The summed E-state index contributed by atoms with van der Waals surface area (Å²) >= 11 is 0. The van der Waals surface area contributed by atoms with E-state index in [-0.39, 0.29) is 16.8 Å². The van der Waals surface area contributed by atoms with Crippen molar-refractivity contribution in [1.82, 2.24) is 9.21 Å². The molecule has 1 aliphatic heterocycles. The van der Waals surface area contributed by atoms with Gasteiger partial charge >= 0.3 is 0 Å². The lowest BCUT2D eigenvalue weighted by Crippen LogP contribution is -2.43. The highest BCUT2D eigenvalue weighted by molar-refractivity contribution is 7.89. The van der Waals surface area contributed by atoms with Crippen molar-refractivity contribution in [2.24, 2.45) is 0 Å². The first-order valence-electron chi connectivity index (χ1n) is 9.86. The number of rotatable bonds is 8. The molecule has 5 nitrogen and oxygen atoms in total. The number of piperidine rings is 1. The van der Waals surface area contributed by atoms with E-state index in [4.69, 9.17) is 0 Å². The molecule has 0 aliphatic carbocycles. The topological polar surface area (TPSA) is 57.7 Å². The highest BCUT2D eigenvalue weighted by Gasteiger charge is 2.32. The second kappa shape index (κ2) is 9.51. The van der Waals surface area contributed by atoms with Crippen LogP contribution in [0.5, 0.6) is 0 Å². The molecule has 0 saturated carbocycles. The number of carbonyl (C=O) groups is 1. The Morgan fingerprint density at radius 3 is 2.46 bits per heavy atom. The molecule has 1 aliphatic rings. The van der Waals surface area contributed by atoms with Gasteiger partial charge < -0.3 is 4.90 Å². The maximum absolute atomic E-state index is 13.2. The van der Waals surface area contributed by atoms with Crippen LogP contribution in [0.3, 0.4) is 0 Å². The summed E-state index contributed by atoms with van der Waals surface area (Å²) in [4.78, 5) is 14.9. The fourth-order valence-corrected chi connectivity index (χ4v) is 5.47. The number of nitrogens with zero attached hydrogens (tertiary/aromatic N) is 2. The average Bonchev–Trinajstić information content (AvgIpc) is 2.67. The number of benzene rings is 1. The maximum Gasteiger partial charge on any atom is 0.253 e. The van der Waals surface area contributed by atoms with Crippen molar-refractivity contribution in [1.29, 1.82) is 0 Å². The number of hydrogen-bond acceptors (Lipinski definition) is 3. The van der Waals surface area contributed by atoms with Crippen molar-refractivity contribution in [3.05, 3.63) is 29.8 Å². The normalized spacial score (nSPS) is 18.7. The Morgan fingerprint density at radius 2 is 1.85 bits per heavy atom. The van der Waals surface area contributed by atoms with Gasteiger partial charge in [0.2, 0.25) is 10.0 Å². The SMILES string of the molecule is CCCN(CCC)C(=O)c1cccc(S(=O)(=O)N2CCCCC2CC)c1. The number of carbonyl (C=O) groups excluding carboxylic acids is 1. The first kappa shape index (κ1) is 20.9. The summed E-state index contributed by atoms with van der Waals surface area (Å²) in [5, 5.41) is 0. The quantitative estimate of drug-likeness (QED) is 0.687. The van der Waals surface area contributed by atoms with Gasteiger partial charge in [-0.25, -0.2) is 8.42 Å². The van der Waals surface area contributed by atoms with Crippen LogP contribution in [-0.4, -0.2) is 49.2 Å². The summed E-state index contributed by atoms with van der Waals surface area (Å²) in [5.74, 6) is -0.0866. The van der Waals surface area contributed by atoms with E-state index in [0.717, 1.165) is 38.5 Å². The summed E-state index contributed by atoms with van der Waals surface area (Å²) < 4.78 is 27.9. The van der Waals surface area contributed by atoms with Crippen LogP contribution in [0.15, 0.2) is 29.2 Å². The molecule has 1 aromatic carbocycles. The van der Waals surface area contributed by atoms with E-state index in [1.54, 1.807) is 28.6 Å². The van der Waals surface area contributed by atoms with Gasteiger partial charge in [0.1, 0.15) is 0 Å². The van der Waals surface area contributed by atoms with Crippen molar-refractivity contribution in [3.8, 4) is 0 Å². The second-order valence-corrected chi connectivity index (χ2v) is 8.88. The van der Waals surface area contributed by atoms with E-state index in [0.29, 0.717) is 25.2 Å². The van der Waals surface area contributed by atoms with E-state index >= 15 is 0 Å². The van der Waals surface area contributed by atoms with Crippen molar-refractivity contribution in [2.45, 2.75) is 70.2 Å². The highest BCUT2D eigenvalue weighted by atomic mass is 32.2. The summed E-state index contributed by atoms with van der Waals surface area (Å²) in [6, 6.07) is 6.62. The molecule has 0 N–H and O–H groups in total. The number of sulfonamides is 1. The average molecular weight is 381 g/mol. The van der Waals surface area contributed by atoms with Gasteiger partial charge in [0.15, 0.2) is 0 Å². The molecule has 1 amide bonds. The van der Waals surface area contributed by atoms with Crippen LogP contribution in [0.2, 0.25) is 0 Å². The second-order valence-electron chi connectivity index (χ2n) is 6.99. The van der Waals surface area contributed by atoms with Crippen LogP contribution in [0.4, 0.5) is 0 Å². The lowest BCUT2D eigenvalue weighted by atomic mass is 10.0. The molecule has 1 heterocycles. The van der Waals surface area contributed by atoms with Gasteiger partial charge in [-0.2, -0.15) is 4.31 Å². The third-order valence-electron chi connectivity index (χ3n) is 5.01. The van der Waals surface area contributed by atoms with Crippen molar-refractivity contribution in [2.75, 3.05) is 19.6 Å². The van der Waals surface area contributed by atoms with Crippen molar-refractivity contribution in [3.63, 3.8) is 0 Å². The van der Waals surface area contributed by atoms with Gasteiger partial charge in [0, 0.05) is 31.2 Å². The zero-order valence-corrected chi connectivity index (χ0v) is 17.1. The monoisotopic (exact) mass is 380 g/mol. The molecule has 1 fully saturated rings. The third-order valence-corrected chi connectivity index (χ3v) is 6.95. The highest BCUT2D eigenvalue weighted by Crippen LogP contribution is 2.27. The van der Waals surface area contributed by atoms with Crippen LogP contribution in [0.25, 0.3) is 0 Å². The number of amides is 1. The summed E-state index contributed by atoms with van der Waals surface area (Å²) in [6.45, 7) is 8.06. The molecule has 1 saturated heterocycles. The standard InChI is InChI=1S/C20H32N2O3S/c1-4-13-21(14-5-2)20(23)17-10-9-12-19(16-17)26(24,25)22-15-8-7-11-18(22)6-3/h9-10,12,16,18H,4-8,11,13-15H2,1-3H3. The lowest BCUT2D eigenvalue weighted by Gasteiger charge is -2.34. The Hall–Kier alpha value is -1.40. The molecule has 1 unspecified atom stereocenters. The molecule has 0 spiro atoms. The van der Waals surface area contributed by atoms with Crippen LogP contribution >= 0.6 is 0 Å². The summed E-state index contributed by atoms with van der Waals surface area (Å²) in [6.07, 6.45) is 5.47. The molecular weight excluding hydrogens is 348 g/mol. The van der Waals surface area contributed by atoms with E-state index < -0.39 is 10.0 Å². The Balaban J connectivity index is 2.31. The molecule has 146 valence electrons. The summed E-state index contributed by atoms with van der Waals surface area (Å²) in [5.41, 5.74) is 0.457. The zero-order chi connectivity index (χ0) is 19.2. The minimum atomic E-state index is -3.57. The predicted molar refractivity (Wildman–Crippen MR) is 105 cm³/mol. The van der Waals surface area contributed by atoms with Crippen molar-refractivity contribution < 1.29 is 13.2 Å². The largest absolute Gasteiger partial charge is 0.339 e. The Morgan fingerprint density at radius 1 is 1.15 bits per heavy atom. The smallest absolute Gasteiger partial charge is 0.253 e. The molecule has 26 heavy (non-hydrogen) atoms. The molecule has 2 rings (SSSR count). The van der Waals surface area contributed by atoms with Crippen LogP contribution in [-0.2, 0) is 10.0 Å². The van der Waals surface area contributed by atoms with Gasteiger partial charge in [-0.05, 0) is 50.3 Å². The molecular formula is C20H32N2O3S. The molecule has 1 atom stereocenters. The van der Waals surface area contributed by atoms with Gasteiger partial charge in [0.05, 0.1) is 4.90 Å². The third kappa shape index (κ3) is 4.65. The Bertz CT molecular complexity index is 697. The summed E-state index contributed by atoms with van der Waals surface area (Å²) in [7, 11) is -3.57. The van der Waals surface area contributed by atoms with Gasteiger partial charge in [-0.1, -0.05) is 33.3 Å². The minimum absolute atomic E-state index is 0.0600. The van der Waals surface area contributed by atoms with E-state index in [9.17, 15) is 13.2 Å². The van der Waals surface area contributed by atoms with Gasteiger partial charge in [0.25, 0.3) is 5.91 Å². The molecule has 0 radical (unpaired) electrons. The Kier molecular flexibility index (Phi) is 7.65. The van der Waals surface area contributed by atoms with Gasteiger partial charge in [-0.15, -0.1) is 0 Å². The molecule has 1 aromatic rings. The van der Waals surface area contributed by atoms with E-state index in [2.05, 4.69) is 0 Å². The first-order valence-corrected chi connectivity index (χ1v) is 11.3. The fraction of sp³-hybridized carbons (Fsp3) is 0.650. The lowest BCUT2D eigenvalue weighted by molar-refractivity contribution is 0.0755. The molecule has 0 aromatic heterocycles. The predicted octanol–water partition coefficient (Wildman–Crippen LogP) is 3.90. The van der Waals surface area contributed by atoms with Crippen LogP contribution in [0, 0.1) is 0 Å². The van der Waals surface area contributed by atoms with Crippen molar-refractivity contribution >= 4 is 15.9 Å². The van der Waals surface area contributed by atoms with E-state index in [1.165, 1.54) is 0 Å². The fourth-order valence-electron chi connectivity index (χ4n) is 3.66. The Labute approximate surface area is 158 Å². The number of hydrogen-bond donors (Lipinski definition) is 0. The molecule has 0 bridgehead atoms. The maximum atomic E-state index is 13.2. The van der Waals surface area contributed by atoms with E-state index in [1.807, 2.05) is 25.7 Å². The van der Waals surface area contributed by atoms with Crippen LogP contribution in [0.1, 0.15) is 69.7 Å². The minimum Gasteiger partial charge on any atom is -0.339 e.